The number of aromatic nitrogens is 3. The van der Waals surface area contributed by atoms with E-state index in [2.05, 4.69) is 5.10 Å². The molecule has 0 amide bonds. The molecule has 0 spiro atoms. The first-order valence-electron chi connectivity index (χ1n) is 6.38. The molecule has 0 atom stereocenters. The van der Waals surface area contributed by atoms with Crippen LogP contribution in [0.2, 0.25) is 5.28 Å². The van der Waals surface area contributed by atoms with Crippen molar-refractivity contribution < 1.29 is 9.53 Å². The molecule has 0 saturated carbocycles. The van der Waals surface area contributed by atoms with Crippen molar-refractivity contribution in [2.24, 2.45) is 0 Å². The van der Waals surface area contributed by atoms with Crippen molar-refractivity contribution in [1.82, 2.24) is 14.2 Å². The Morgan fingerprint density at radius 1 is 1.50 bits per heavy atom. The molecule has 2 aromatic rings. The zero-order valence-corrected chi connectivity index (χ0v) is 12.3. The Morgan fingerprint density at radius 3 is 2.80 bits per heavy atom. The lowest BCUT2D eigenvalue weighted by Crippen LogP contribution is -2.29. The Hall–Kier alpha value is -1.82. The Balaban J connectivity index is 2.51. The van der Waals surface area contributed by atoms with Crippen molar-refractivity contribution in [1.29, 1.82) is 0 Å². The number of hydrogen-bond donors (Lipinski definition) is 0. The number of carbonyl (C=O) groups is 1. The number of halogens is 1. The van der Waals surface area contributed by atoms with E-state index in [1.807, 2.05) is 13.8 Å². The van der Waals surface area contributed by atoms with E-state index in [0.29, 0.717) is 5.52 Å². The van der Waals surface area contributed by atoms with Crippen LogP contribution in [0.4, 0.5) is 0 Å². The summed E-state index contributed by atoms with van der Waals surface area (Å²) in [6.45, 7) is 5.75. The van der Waals surface area contributed by atoms with Crippen LogP contribution in [0.5, 0.6) is 0 Å². The minimum Gasteiger partial charge on any atom is -0.465 e. The van der Waals surface area contributed by atoms with Crippen LogP contribution in [0.1, 0.15) is 32.3 Å². The molecule has 2 heterocycles. The summed E-state index contributed by atoms with van der Waals surface area (Å²) in [5.41, 5.74) is 1.02. The van der Waals surface area contributed by atoms with E-state index in [0.717, 1.165) is 10.2 Å². The summed E-state index contributed by atoms with van der Waals surface area (Å²) in [5.74, 6) is -0.248. The van der Waals surface area contributed by atoms with Gasteiger partial charge in [-0.05, 0) is 36.1 Å². The van der Waals surface area contributed by atoms with Crippen molar-refractivity contribution in [2.45, 2.75) is 33.2 Å². The SMILES string of the molecule is CCOC(=O)Cn1nc(Cl)n2cc(C(C)C)cc2c1=O. The number of carbonyl (C=O) groups excluding carboxylic acids is 1. The third-order valence-electron chi connectivity index (χ3n) is 2.95. The summed E-state index contributed by atoms with van der Waals surface area (Å²) in [4.78, 5) is 23.7. The Morgan fingerprint density at radius 2 is 2.20 bits per heavy atom. The number of nitrogens with zero attached hydrogens (tertiary/aromatic N) is 3. The first kappa shape index (κ1) is 14.6. The average molecular weight is 298 g/mol. The Bertz CT molecular complexity index is 703. The van der Waals surface area contributed by atoms with E-state index in [1.165, 1.54) is 4.40 Å². The van der Waals surface area contributed by atoms with Crippen LogP contribution in [0.25, 0.3) is 5.52 Å². The number of hydrogen-bond acceptors (Lipinski definition) is 4. The molecule has 2 aromatic heterocycles. The molecule has 6 nitrogen and oxygen atoms in total. The van der Waals surface area contributed by atoms with E-state index >= 15 is 0 Å². The lowest BCUT2D eigenvalue weighted by molar-refractivity contribution is -0.144. The fourth-order valence-electron chi connectivity index (χ4n) is 1.88. The summed E-state index contributed by atoms with van der Waals surface area (Å²) in [7, 11) is 0. The number of rotatable bonds is 4. The topological polar surface area (TPSA) is 65.6 Å². The highest BCUT2D eigenvalue weighted by Gasteiger charge is 2.14. The molecule has 108 valence electrons. The van der Waals surface area contributed by atoms with Gasteiger partial charge in [0.1, 0.15) is 12.1 Å². The lowest BCUT2D eigenvalue weighted by atomic mass is 10.1. The van der Waals surface area contributed by atoms with Gasteiger partial charge >= 0.3 is 5.97 Å². The summed E-state index contributed by atoms with van der Waals surface area (Å²) in [6, 6.07) is 1.77. The maximum Gasteiger partial charge on any atom is 0.327 e. The smallest absolute Gasteiger partial charge is 0.327 e. The molecular weight excluding hydrogens is 282 g/mol. The highest BCUT2D eigenvalue weighted by Crippen LogP contribution is 2.18. The zero-order valence-electron chi connectivity index (χ0n) is 11.6. The maximum atomic E-state index is 12.3. The quantitative estimate of drug-likeness (QED) is 0.808. The molecule has 0 N–H and O–H groups in total. The molecule has 0 fully saturated rings. The van der Waals surface area contributed by atoms with Crippen molar-refractivity contribution in [3.05, 3.63) is 33.5 Å². The molecular formula is C13H16ClN3O3. The minimum absolute atomic E-state index is 0.135. The van der Waals surface area contributed by atoms with E-state index in [9.17, 15) is 9.59 Å². The monoisotopic (exact) mass is 297 g/mol. The molecule has 7 heteroatoms. The van der Waals surface area contributed by atoms with Crippen LogP contribution in [-0.2, 0) is 16.1 Å². The van der Waals surface area contributed by atoms with Crippen molar-refractivity contribution in [2.75, 3.05) is 6.61 Å². The predicted molar refractivity (Wildman–Crippen MR) is 75.2 cm³/mol. The lowest BCUT2D eigenvalue weighted by Gasteiger charge is -2.06. The molecule has 0 saturated heterocycles. The van der Waals surface area contributed by atoms with Crippen LogP contribution >= 0.6 is 11.6 Å². The van der Waals surface area contributed by atoms with Gasteiger partial charge in [0.25, 0.3) is 5.56 Å². The molecule has 0 aliphatic rings. The zero-order chi connectivity index (χ0) is 14.9. The van der Waals surface area contributed by atoms with Gasteiger partial charge in [-0.1, -0.05) is 13.8 Å². The third-order valence-corrected chi connectivity index (χ3v) is 3.21. The van der Waals surface area contributed by atoms with E-state index < -0.39 is 5.97 Å². The van der Waals surface area contributed by atoms with Crippen LogP contribution < -0.4 is 5.56 Å². The van der Waals surface area contributed by atoms with Gasteiger partial charge in [-0.15, -0.1) is 5.10 Å². The van der Waals surface area contributed by atoms with Gasteiger partial charge in [-0.25, -0.2) is 4.68 Å². The predicted octanol–water partition coefficient (Wildman–Crippen LogP) is 1.84. The minimum atomic E-state index is -0.516. The molecule has 0 unspecified atom stereocenters. The van der Waals surface area contributed by atoms with Gasteiger partial charge in [-0.2, -0.15) is 0 Å². The molecule has 0 aromatic carbocycles. The highest BCUT2D eigenvalue weighted by molar-refractivity contribution is 6.28. The van der Waals surface area contributed by atoms with E-state index in [-0.39, 0.29) is 29.9 Å². The largest absolute Gasteiger partial charge is 0.465 e. The summed E-state index contributed by atoms with van der Waals surface area (Å²) >= 11 is 6.05. The highest BCUT2D eigenvalue weighted by atomic mass is 35.5. The second kappa shape index (κ2) is 5.66. The second-order valence-corrected chi connectivity index (χ2v) is 5.06. The van der Waals surface area contributed by atoms with Gasteiger partial charge in [-0.3, -0.25) is 14.0 Å². The number of fused-ring (bicyclic) bond motifs is 1. The second-order valence-electron chi connectivity index (χ2n) is 4.72. The standard InChI is InChI=1S/C13H16ClN3O3/c1-4-20-11(18)7-17-12(19)10-5-9(8(2)3)6-16(10)13(14)15-17/h5-6,8H,4,7H2,1-3H3. The fourth-order valence-corrected chi connectivity index (χ4v) is 2.11. The van der Waals surface area contributed by atoms with E-state index in [1.54, 1.807) is 19.2 Å². The van der Waals surface area contributed by atoms with Crippen molar-refractivity contribution >= 4 is 23.1 Å². The van der Waals surface area contributed by atoms with Gasteiger partial charge in [0, 0.05) is 6.20 Å². The van der Waals surface area contributed by atoms with Crippen LogP contribution in [-0.4, -0.2) is 26.8 Å². The number of ether oxygens (including phenoxy) is 1. The molecule has 0 bridgehead atoms. The van der Waals surface area contributed by atoms with Crippen molar-refractivity contribution in [3.63, 3.8) is 0 Å². The summed E-state index contributed by atoms with van der Waals surface area (Å²) < 4.78 is 7.36. The van der Waals surface area contributed by atoms with Gasteiger partial charge in [0.15, 0.2) is 0 Å². The van der Waals surface area contributed by atoms with Crippen LogP contribution in [0.3, 0.4) is 0 Å². The summed E-state index contributed by atoms with van der Waals surface area (Å²) in [5, 5.41) is 4.06. The van der Waals surface area contributed by atoms with Gasteiger partial charge in [0.05, 0.1) is 6.61 Å². The average Bonchev–Trinajstić information content (AvgIpc) is 2.81. The van der Waals surface area contributed by atoms with E-state index in [4.69, 9.17) is 16.3 Å². The molecule has 0 aliphatic heterocycles. The third kappa shape index (κ3) is 2.70. The van der Waals surface area contributed by atoms with Crippen molar-refractivity contribution in [3.8, 4) is 0 Å². The fraction of sp³-hybridized carbons (Fsp3) is 0.462. The molecule has 0 aliphatic carbocycles. The first-order valence-corrected chi connectivity index (χ1v) is 6.76. The maximum absolute atomic E-state index is 12.3. The Labute approximate surface area is 120 Å². The molecule has 0 radical (unpaired) electrons. The molecule has 2 rings (SSSR count). The van der Waals surface area contributed by atoms with Crippen LogP contribution in [0, 0.1) is 0 Å². The summed E-state index contributed by atoms with van der Waals surface area (Å²) in [6.07, 6.45) is 1.78. The van der Waals surface area contributed by atoms with Gasteiger partial charge in [0.2, 0.25) is 5.28 Å². The normalized spacial score (nSPS) is 11.2. The molecule has 20 heavy (non-hydrogen) atoms. The van der Waals surface area contributed by atoms with Gasteiger partial charge < -0.3 is 4.74 Å². The Kier molecular flexibility index (Phi) is 4.13. The first-order chi connectivity index (χ1) is 9.43. The number of esters is 1. The van der Waals surface area contributed by atoms with Crippen LogP contribution in [0.15, 0.2) is 17.1 Å².